The maximum Gasteiger partial charge on any atom is 0.243 e. The van der Waals surface area contributed by atoms with Crippen molar-refractivity contribution in [2.45, 2.75) is 44.7 Å². The third-order valence-corrected chi connectivity index (χ3v) is 5.30. The SMILES string of the molecule is CN(Cc1ccccc1)c1nccc(N[C@H](C(=O)NCC#N)C2CCCCC2)n1. The molecule has 0 aliphatic heterocycles. The van der Waals surface area contributed by atoms with Crippen LogP contribution in [0.25, 0.3) is 0 Å². The number of amides is 1. The minimum absolute atomic E-state index is 0.0125. The molecule has 0 unspecified atom stereocenters. The Kier molecular flexibility index (Phi) is 7.40. The quantitative estimate of drug-likeness (QED) is 0.671. The number of nitriles is 1. The molecular formula is C22H28N6O. The smallest absolute Gasteiger partial charge is 0.243 e. The van der Waals surface area contributed by atoms with Crippen LogP contribution in [-0.4, -0.2) is 35.5 Å². The van der Waals surface area contributed by atoms with E-state index in [1.807, 2.05) is 36.2 Å². The first kappa shape index (κ1) is 20.6. The number of hydrogen-bond donors (Lipinski definition) is 2. The highest BCUT2D eigenvalue weighted by Gasteiger charge is 2.29. The number of nitrogens with one attached hydrogen (secondary N) is 2. The first-order valence-corrected chi connectivity index (χ1v) is 10.2. The molecular weight excluding hydrogens is 364 g/mol. The van der Waals surface area contributed by atoms with Crippen molar-refractivity contribution in [1.82, 2.24) is 15.3 Å². The van der Waals surface area contributed by atoms with E-state index in [2.05, 4.69) is 32.7 Å². The Morgan fingerprint density at radius 1 is 1.24 bits per heavy atom. The van der Waals surface area contributed by atoms with E-state index in [0.717, 1.165) is 25.7 Å². The van der Waals surface area contributed by atoms with Crippen LogP contribution < -0.4 is 15.5 Å². The second kappa shape index (κ2) is 10.4. The van der Waals surface area contributed by atoms with Gasteiger partial charge in [0, 0.05) is 19.8 Å². The highest BCUT2D eigenvalue weighted by Crippen LogP contribution is 2.28. The summed E-state index contributed by atoms with van der Waals surface area (Å²) in [5.74, 6) is 1.32. The third-order valence-electron chi connectivity index (χ3n) is 5.30. The van der Waals surface area contributed by atoms with Crippen LogP contribution in [-0.2, 0) is 11.3 Å². The summed E-state index contributed by atoms with van der Waals surface area (Å²) in [6.07, 6.45) is 7.18. The largest absolute Gasteiger partial charge is 0.358 e. The van der Waals surface area contributed by atoms with Crippen molar-refractivity contribution < 1.29 is 4.79 Å². The molecule has 0 saturated heterocycles. The van der Waals surface area contributed by atoms with Gasteiger partial charge in [-0.05, 0) is 30.4 Å². The molecule has 0 bridgehead atoms. The van der Waals surface area contributed by atoms with E-state index in [1.165, 1.54) is 12.0 Å². The fourth-order valence-electron chi connectivity index (χ4n) is 3.80. The van der Waals surface area contributed by atoms with Gasteiger partial charge < -0.3 is 15.5 Å². The molecule has 7 nitrogen and oxygen atoms in total. The zero-order chi connectivity index (χ0) is 20.5. The average Bonchev–Trinajstić information content (AvgIpc) is 2.77. The molecule has 0 radical (unpaired) electrons. The molecule has 1 aliphatic rings. The summed E-state index contributed by atoms with van der Waals surface area (Å²) in [6, 6.07) is 13.5. The Balaban J connectivity index is 1.72. The predicted molar refractivity (Wildman–Crippen MR) is 113 cm³/mol. The van der Waals surface area contributed by atoms with Crippen LogP contribution >= 0.6 is 0 Å². The Morgan fingerprint density at radius 2 is 2.00 bits per heavy atom. The van der Waals surface area contributed by atoms with Gasteiger partial charge in [0.15, 0.2) is 0 Å². The van der Waals surface area contributed by atoms with Crippen molar-refractivity contribution in [3.8, 4) is 6.07 Å². The Morgan fingerprint density at radius 3 is 2.72 bits per heavy atom. The molecule has 3 rings (SSSR count). The van der Waals surface area contributed by atoms with Crippen LogP contribution in [0, 0.1) is 17.2 Å². The molecule has 1 fully saturated rings. The van der Waals surface area contributed by atoms with Gasteiger partial charge in [0.25, 0.3) is 0 Å². The molecule has 29 heavy (non-hydrogen) atoms. The van der Waals surface area contributed by atoms with Crippen LogP contribution in [0.2, 0.25) is 0 Å². The van der Waals surface area contributed by atoms with Gasteiger partial charge in [0.2, 0.25) is 11.9 Å². The van der Waals surface area contributed by atoms with Gasteiger partial charge in [-0.2, -0.15) is 10.2 Å². The topological polar surface area (TPSA) is 93.9 Å². The van der Waals surface area contributed by atoms with Crippen molar-refractivity contribution in [2.24, 2.45) is 5.92 Å². The van der Waals surface area contributed by atoms with Gasteiger partial charge in [-0.3, -0.25) is 4.79 Å². The van der Waals surface area contributed by atoms with E-state index in [4.69, 9.17) is 5.26 Å². The van der Waals surface area contributed by atoms with Crippen molar-refractivity contribution in [1.29, 1.82) is 5.26 Å². The van der Waals surface area contributed by atoms with Gasteiger partial charge in [-0.25, -0.2) is 4.98 Å². The second-order valence-corrected chi connectivity index (χ2v) is 7.48. The number of rotatable bonds is 8. The first-order valence-electron chi connectivity index (χ1n) is 10.2. The number of carbonyl (C=O) groups is 1. The molecule has 1 amide bonds. The second-order valence-electron chi connectivity index (χ2n) is 7.48. The van der Waals surface area contributed by atoms with Crippen molar-refractivity contribution >= 4 is 17.7 Å². The number of carbonyl (C=O) groups excluding carboxylic acids is 1. The Labute approximate surface area is 172 Å². The van der Waals surface area contributed by atoms with Gasteiger partial charge in [0.1, 0.15) is 18.4 Å². The first-order chi connectivity index (χ1) is 14.2. The molecule has 2 N–H and O–H groups in total. The van der Waals surface area contributed by atoms with Gasteiger partial charge >= 0.3 is 0 Å². The molecule has 0 spiro atoms. The number of anilines is 2. The lowest BCUT2D eigenvalue weighted by molar-refractivity contribution is -0.122. The highest BCUT2D eigenvalue weighted by molar-refractivity contribution is 5.85. The molecule has 1 heterocycles. The molecule has 152 valence electrons. The molecule has 7 heteroatoms. The number of nitrogens with zero attached hydrogens (tertiary/aromatic N) is 4. The van der Waals surface area contributed by atoms with Crippen LogP contribution in [0.4, 0.5) is 11.8 Å². The van der Waals surface area contributed by atoms with E-state index < -0.39 is 6.04 Å². The van der Waals surface area contributed by atoms with Gasteiger partial charge in [-0.15, -0.1) is 0 Å². The van der Waals surface area contributed by atoms with Crippen molar-refractivity contribution in [3.05, 3.63) is 48.2 Å². The summed E-state index contributed by atoms with van der Waals surface area (Å²) in [5.41, 5.74) is 1.17. The van der Waals surface area contributed by atoms with E-state index in [0.29, 0.717) is 18.3 Å². The van der Waals surface area contributed by atoms with E-state index >= 15 is 0 Å². The number of aromatic nitrogens is 2. The fourth-order valence-corrected chi connectivity index (χ4v) is 3.80. The summed E-state index contributed by atoms with van der Waals surface area (Å²) >= 11 is 0. The summed E-state index contributed by atoms with van der Waals surface area (Å²) < 4.78 is 0. The summed E-state index contributed by atoms with van der Waals surface area (Å²) in [4.78, 5) is 23.7. The maximum absolute atomic E-state index is 12.7. The zero-order valence-electron chi connectivity index (χ0n) is 16.8. The molecule has 1 aromatic heterocycles. The number of benzene rings is 1. The minimum atomic E-state index is -0.397. The molecule has 2 aromatic rings. The Hall–Kier alpha value is -3.14. The van der Waals surface area contributed by atoms with Crippen molar-refractivity contribution in [3.63, 3.8) is 0 Å². The zero-order valence-corrected chi connectivity index (χ0v) is 16.8. The molecule has 1 aliphatic carbocycles. The molecule has 1 aromatic carbocycles. The standard InChI is InChI=1S/C22H28N6O/c1-28(16-17-8-4-2-5-9-17)22-25-14-12-19(27-22)26-20(21(29)24-15-13-23)18-10-6-3-7-11-18/h2,4-5,8-9,12,14,18,20H,3,6-7,10-11,15-16H2,1H3,(H,24,29)(H,25,26,27)/t20-/m0/s1. The monoisotopic (exact) mass is 392 g/mol. The van der Waals surface area contributed by atoms with Gasteiger partial charge in [0.05, 0.1) is 6.07 Å². The van der Waals surface area contributed by atoms with E-state index in [9.17, 15) is 4.79 Å². The van der Waals surface area contributed by atoms with Crippen molar-refractivity contribution in [2.75, 3.05) is 23.8 Å². The van der Waals surface area contributed by atoms with E-state index in [-0.39, 0.29) is 18.4 Å². The summed E-state index contributed by atoms with van der Waals surface area (Å²) in [7, 11) is 1.95. The average molecular weight is 393 g/mol. The molecule has 1 saturated carbocycles. The minimum Gasteiger partial charge on any atom is -0.358 e. The predicted octanol–water partition coefficient (Wildman–Crippen LogP) is 3.11. The van der Waals surface area contributed by atoms with Crippen LogP contribution in [0.5, 0.6) is 0 Å². The lowest BCUT2D eigenvalue weighted by atomic mass is 9.83. The normalized spacial score (nSPS) is 15.2. The van der Waals surface area contributed by atoms with Crippen LogP contribution in [0.3, 0.4) is 0 Å². The van der Waals surface area contributed by atoms with Gasteiger partial charge in [-0.1, -0.05) is 49.6 Å². The van der Waals surface area contributed by atoms with Crippen LogP contribution in [0.1, 0.15) is 37.7 Å². The highest BCUT2D eigenvalue weighted by atomic mass is 16.2. The fraction of sp³-hybridized carbons (Fsp3) is 0.455. The number of hydrogen-bond acceptors (Lipinski definition) is 6. The third kappa shape index (κ3) is 5.92. The summed E-state index contributed by atoms with van der Waals surface area (Å²) in [5, 5.41) is 14.8. The molecule has 1 atom stereocenters. The lowest BCUT2D eigenvalue weighted by Crippen LogP contribution is -2.45. The summed E-state index contributed by atoms with van der Waals surface area (Å²) in [6.45, 7) is 0.706. The lowest BCUT2D eigenvalue weighted by Gasteiger charge is -2.30. The van der Waals surface area contributed by atoms with E-state index in [1.54, 1.807) is 12.3 Å². The Bertz CT molecular complexity index is 829. The van der Waals surface area contributed by atoms with Crippen LogP contribution in [0.15, 0.2) is 42.6 Å². The maximum atomic E-state index is 12.7.